The number of benzene rings is 1. The van der Waals surface area contributed by atoms with E-state index in [0.29, 0.717) is 31.9 Å². The van der Waals surface area contributed by atoms with Gasteiger partial charge in [-0.3, -0.25) is 0 Å². The van der Waals surface area contributed by atoms with Gasteiger partial charge >= 0.3 is 7.32 Å². The van der Waals surface area contributed by atoms with E-state index in [1.807, 2.05) is 0 Å². The minimum Gasteiger partial charge on any atom is -0.512 e. The lowest BCUT2D eigenvalue weighted by Crippen LogP contribution is -2.40. The molecular weight excluding hydrogens is 285 g/mol. The molecule has 1 heterocycles. The van der Waals surface area contributed by atoms with E-state index in [0.717, 1.165) is 0 Å². The van der Waals surface area contributed by atoms with Gasteiger partial charge in [-0.1, -0.05) is 6.07 Å². The summed E-state index contributed by atoms with van der Waals surface area (Å²) in [6, 6.07) is 4.32. The summed E-state index contributed by atoms with van der Waals surface area (Å²) in [7, 11) is -5.62. The lowest BCUT2D eigenvalue weighted by atomic mass is 10.2. The number of ether oxygens (including phenoxy) is 1. The molecule has 1 aliphatic heterocycles. The zero-order valence-electron chi connectivity index (χ0n) is 11.0. The van der Waals surface area contributed by atoms with Gasteiger partial charge in [-0.2, -0.15) is 4.31 Å². The first-order valence-corrected chi connectivity index (χ1v) is 7.56. The Morgan fingerprint density at radius 3 is 2.55 bits per heavy atom. The van der Waals surface area contributed by atoms with Gasteiger partial charge in [-0.25, -0.2) is 8.42 Å². The number of nitrogens with zero attached hydrogens (tertiary/aromatic N) is 1. The van der Waals surface area contributed by atoms with Crippen LogP contribution < -0.4 is 4.65 Å². The van der Waals surface area contributed by atoms with E-state index in [-0.39, 0.29) is 10.6 Å². The maximum atomic E-state index is 12.4. The lowest BCUT2D eigenvalue weighted by Gasteiger charge is -2.26. The average Bonchev–Trinajstić information content (AvgIpc) is 2.41. The Kier molecular flexibility index (Phi) is 4.66. The third-order valence-electron chi connectivity index (χ3n) is 3.00. The zero-order valence-corrected chi connectivity index (χ0v) is 11.8. The van der Waals surface area contributed by atoms with Crippen LogP contribution in [0.25, 0.3) is 0 Å². The molecule has 0 unspecified atom stereocenters. The molecular formula is C11H16BNO6S. The van der Waals surface area contributed by atoms with Crippen LogP contribution in [-0.2, 0) is 14.8 Å². The average molecular weight is 301 g/mol. The summed E-state index contributed by atoms with van der Waals surface area (Å²) >= 11 is 0. The van der Waals surface area contributed by atoms with Gasteiger partial charge in [0.25, 0.3) is 0 Å². The first-order valence-electron chi connectivity index (χ1n) is 6.12. The van der Waals surface area contributed by atoms with Gasteiger partial charge in [0.05, 0.1) is 18.1 Å². The molecule has 1 aromatic carbocycles. The van der Waals surface area contributed by atoms with E-state index in [1.165, 1.54) is 16.4 Å². The standard InChI is InChI=1S/C11H16BNO6S/c1-9-2-3-10(8-11(9)19-12(14)15)20(16,17)13-4-6-18-7-5-13/h2-3,8,14-15H,4-7H2,1H3. The van der Waals surface area contributed by atoms with Crippen molar-refractivity contribution in [3.05, 3.63) is 23.8 Å². The first kappa shape index (κ1) is 15.3. The molecule has 0 spiro atoms. The number of aryl methyl sites for hydroxylation is 1. The summed E-state index contributed by atoms with van der Waals surface area (Å²) in [5, 5.41) is 17.7. The van der Waals surface area contributed by atoms with E-state index in [4.69, 9.17) is 19.4 Å². The molecule has 0 bridgehead atoms. The van der Waals surface area contributed by atoms with Crippen molar-refractivity contribution in [2.75, 3.05) is 26.3 Å². The third kappa shape index (κ3) is 3.30. The van der Waals surface area contributed by atoms with Gasteiger partial charge in [0.1, 0.15) is 5.75 Å². The summed E-state index contributed by atoms with van der Waals surface area (Å²) in [6.45, 7) is 3.01. The number of morpholine rings is 1. The Morgan fingerprint density at radius 1 is 1.30 bits per heavy atom. The SMILES string of the molecule is Cc1ccc(S(=O)(=O)N2CCOCC2)cc1OB(O)O. The van der Waals surface area contributed by atoms with E-state index >= 15 is 0 Å². The molecule has 0 atom stereocenters. The molecule has 2 rings (SSSR count). The zero-order chi connectivity index (χ0) is 14.8. The van der Waals surface area contributed by atoms with Crippen LogP contribution in [0.4, 0.5) is 0 Å². The second-order valence-corrected chi connectivity index (χ2v) is 6.33. The molecule has 0 amide bonds. The molecule has 1 saturated heterocycles. The normalized spacial score (nSPS) is 16.9. The molecule has 0 radical (unpaired) electrons. The molecule has 7 nitrogen and oxygen atoms in total. The quantitative estimate of drug-likeness (QED) is 0.718. The van der Waals surface area contributed by atoms with Crippen molar-refractivity contribution in [3.63, 3.8) is 0 Å². The molecule has 2 N–H and O–H groups in total. The predicted molar refractivity (Wildman–Crippen MR) is 71.6 cm³/mol. The topological polar surface area (TPSA) is 96.3 Å². The Morgan fingerprint density at radius 2 is 1.95 bits per heavy atom. The van der Waals surface area contributed by atoms with Crippen LogP contribution in [0.2, 0.25) is 0 Å². The van der Waals surface area contributed by atoms with Crippen molar-refractivity contribution >= 4 is 17.3 Å². The van der Waals surface area contributed by atoms with Gasteiger partial charge in [0.15, 0.2) is 0 Å². The van der Waals surface area contributed by atoms with Gasteiger partial charge in [-0.15, -0.1) is 0 Å². The molecule has 0 aromatic heterocycles. The second kappa shape index (κ2) is 6.11. The fourth-order valence-corrected chi connectivity index (χ4v) is 3.34. The van der Waals surface area contributed by atoms with Crippen LogP contribution >= 0.6 is 0 Å². The fraction of sp³-hybridized carbons (Fsp3) is 0.455. The van der Waals surface area contributed by atoms with Crippen LogP contribution in [-0.4, -0.2) is 56.4 Å². The summed E-state index contributed by atoms with van der Waals surface area (Å²) in [5.41, 5.74) is 0.610. The summed E-state index contributed by atoms with van der Waals surface area (Å²) < 4.78 is 36.1. The van der Waals surface area contributed by atoms with Gasteiger partial charge in [-0.05, 0) is 24.6 Å². The highest BCUT2D eigenvalue weighted by atomic mass is 32.2. The monoisotopic (exact) mass is 301 g/mol. The number of sulfonamides is 1. The maximum absolute atomic E-state index is 12.4. The second-order valence-electron chi connectivity index (χ2n) is 4.39. The third-order valence-corrected chi connectivity index (χ3v) is 4.89. The van der Waals surface area contributed by atoms with Gasteiger partial charge in [0.2, 0.25) is 10.0 Å². The van der Waals surface area contributed by atoms with Crippen LogP contribution in [0.1, 0.15) is 5.56 Å². The Balaban J connectivity index is 2.31. The molecule has 1 fully saturated rings. The molecule has 1 aliphatic rings. The Hall–Kier alpha value is -1.13. The lowest BCUT2D eigenvalue weighted by molar-refractivity contribution is 0.0730. The predicted octanol–water partition coefficient (Wildman–Crippen LogP) is -0.636. The van der Waals surface area contributed by atoms with Crippen molar-refractivity contribution in [3.8, 4) is 5.75 Å². The summed E-state index contributed by atoms with van der Waals surface area (Å²) in [5.74, 6) is 0.120. The summed E-state index contributed by atoms with van der Waals surface area (Å²) in [6.07, 6.45) is 0. The first-order chi connectivity index (χ1) is 9.41. The maximum Gasteiger partial charge on any atom is 0.707 e. The molecule has 1 aromatic rings. The molecule has 9 heteroatoms. The van der Waals surface area contributed by atoms with Gasteiger partial charge < -0.3 is 19.4 Å². The van der Waals surface area contributed by atoms with E-state index in [9.17, 15) is 8.42 Å². The number of hydrogen-bond donors (Lipinski definition) is 2. The smallest absolute Gasteiger partial charge is 0.512 e. The van der Waals surface area contributed by atoms with Crippen LogP contribution in [0.3, 0.4) is 0 Å². The van der Waals surface area contributed by atoms with E-state index in [1.54, 1.807) is 13.0 Å². The molecule has 0 aliphatic carbocycles. The Bertz CT molecular complexity index is 570. The van der Waals surface area contributed by atoms with Crippen molar-refractivity contribution in [2.24, 2.45) is 0 Å². The van der Waals surface area contributed by atoms with Crippen molar-refractivity contribution in [2.45, 2.75) is 11.8 Å². The largest absolute Gasteiger partial charge is 0.707 e. The molecule has 0 saturated carbocycles. The van der Waals surface area contributed by atoms with Crippen molar-refractivity contribution < 1.29 is 27.9 Å². The highest BCUT2D eigenvalue weighted by Gasteiger charge is 2.27. The number of hydrogen-bond acceptors (Lipinski definition) is 6. The Labute approximate surface area is 118 Å². The fourth-order valence-electron chi connectivity index (χ4n) is 1.92. The van der Waals surface area contributed by atoms with Crippen LogP contribution in [0.15, 0.2) is 23.1 Å². The van der Waals surface area contributed by atoms with Crippen LogP contribution in [0, 0.1) is 6.92 Å². The van der Waals surface area contributed by atoms with Gasteiger partial charge in [0, 0.05) is 13.1 Å². The van der Waals surface area contributed by atoms with Crippen molar-refractivity contribution in [1.82, 2.24) is 4.31 Å². The summed E-state index contributed by atoms with van der Waals surface area (Å²) in [4.78, 5) is 0.0562. The molecule has 20 heavy (non-hydrogen) atoms. The van der Waals surface area contributed by atoms with Crippen LogP contribution in [0.5, 0.6) is 5.75 Å². The number of rotatable bonds is 4. The van der Waals surface area contributed by atoms with Crippen molar-refractivity contribution in [1.29, 1.82) is 0 Å². The highest BCUT2D eigenvalue weighted by Crippen LogP contribution is 2.25. The minimum atomic E-state index is -3.63. The minimum absolute atomic E-state index is 0.0562. The molecule has 110 valence electrons. The van der Waals surface area contributed by atoms with E-state index in [2.05, 4.69) is 0 Å². The highest BCUT2D eigenvalue weighted by molar-refractivity contribution is 7.89. The van der Waals surface area contributed by atoms with E-state index < -0.39 is 17.3 Å².